The van der Waals surface area contributed by atoms with Crippen LogP contribution < -0.4 is 5.32 Å². The number of carbonyl (C=O) groups is 1. The van der Waals surface area contributed by atoms with Gasteiger partial charge in [-0.3, -0.25) is 14.5 Å². The lowest BCUT2D eigenvalue weighted by molar-refractivity contribution is 0.102. The molecule has 0 unspecified atom stereocenters. The highest BCUT2D eigenvalue weighted by Gasteiger charge is 2.14. The zero-order valence-corrected chi connectivity index (χ0v) is 20.2. The molecule has 2 N–H and O–H groups in total. The van der Waals surface area contributed by atoms with Crippen molar-refractivity contribution in [3.05, 3.63) is 120 Å². The van der Waals surface area contributed by atoms with Gasteiger partial charge in [-0.1, -0.05) is 48.5 Å². The summed E-state index contributed by atoms with van der Waals surface area (Å²) in [6.45, 7) is 0. The molecule has 0 saturated carbocycles. The van der Waals surface area contributed by atoms with Crippen LogP contribution >= 0.6 is 11.3 Å². The minimum Gasteiger partial charge on any atom is -0.321 e. The number of aromatic amines is 1. The summed E-state index contributed by atoms with van der Waals surface area (Å²) in [6.07, 6.45) is 1.64. The van der Waals surface area contributed by atoms with Crippen molar-refractivity contribution in [3.63, 3.8) is 0 Å². The van der Waals surface area contributed by atoms with Crippen LogP contribution in [0.25, 0.3) is 27.3 Å². The van der Waals surface area contributed by atoms with E-state index in [0.717, 1.165) is 51.6 Å². The van der Waals surface area contributed by atoms with Crippen molar-refractivity contribution >= 4 is 34.0 Å². The standard InChI is InChI=1S/C29H23N5OS/c35-29(25-19-24(32-33-25)27-11-6-18-36-27)30-21-15-12-20(13-16-21)14-17-28-31-23-9-4-5-10-26(23)34(28)22-7-2-1-3-8-22/h1-13,15-16,18-19H,14,17H2,(H,30,35)(H,32,33). The second kappa shape index (κ2) is 9.64. The fraction of sp³-hybridized carbons (Fsp3) is 0.0690. The molecule has 0 bridgehead atoms. The van der Waals surface area contributed by atoms with Gasteiger partial charge in [-0.25, -0.2) is 4.98 Å². The third-order valence-electron chi connectivity index (χ3n) is 6.09. The van der Waals surface area contributed by atoms with Crippen molar-refractivity contribution in [2.45, 2.75) is 12.8 Å². The summed E-state index contributed by atoms with van der Waals surface area (Å²) in [6, 6.07) is 32.3. The van der Waals surface area contributed by atoms with Crippen LogP contribution in [0.3, 0.4) is 0 Å². The van der Waals surface area contributed by atoms with Gasteiger partial charge in [-0.05, 0) is 65.9 Å². The summed E-state index contributed by atoms with van der Waals surface area (Å²) >= 11 is 1.60. The van der Waals surface area contributed by atoms with E-state index in [1.165, 1.54) is 5.56 Å². The molecule has 6 aromatic rings. The number of hydrogen-bond acceptors (Lipinski definition) is 4. The van der Waals surface area contributed by atoms with E-state index >= 15 is 0 Å². The molecule has 1 amide bonds. The number of anilines is 1. The Morgan fingerprint density at radius 3 is 2.50 bits per heavy atom. The maximum absolute atomic E-state index is 12.6. The summed E-state index contributed by atoms with van der Waals surface area (Å²) in [5, 5.41) is 12.0. The Kier molecular flexibility index (Phi) is 5.89. The van der Waals surface area contributed by atoms with Crippen LogP contribution in [0.15, 0.2) is 102 Å². The maximum Gasteiger partial charge on any atom is 0.276 e. The molecule has 0 aliphatic rings. The molecule has 0 aliphatic heterocycles. The number of fused-ring (bicyclic) bond motifs is 1. The van der Waals surface area contributed by atoms with Gasteiger partial charge < -0.3 is 5.32 Å². The normalized spacial score (nSPS) is 11.1. The van der Waals surface area contributed by atoms with Crippen molar-refractivity contribution in [2.75, 3.05) is 5.32 Å². The van der Waals surface area contributed by atoms with Crippen LogP contribution in [0.4, 0.5) is 5.69 Å². The highest BCUT2D eigenvalue weighted by Crippen LogP contribution is 2.24. The molecular formula is C29H23N5OS. The van der Waals surface area contributed by atoms with Gasteiger partial charge in [0.25, 0.3) is 5.91 Å². The van der Waals surface area contributed by atoms with E-state index in [9.17, 15) is 4.79 Å². The first kappa shape index (κ1) is 22.0. The lowest BCUT2D eigenvalue weighted by atomic mass is 10.1. The zero-order chi connectivity index (χ0) is 24.3. The predicted molar refractivity (Wildman–Crippen MR) is 145 cm³/mol. The number of hydrogen-bond donors (Lipinski definition) is 2. The lowest BCUT2D eigenvalue weighted by Crippen LogP contribution is -2.12. The molecule has 0 fully saturated rings. The molecule has 6 nitrogen and oxygen atoms in total. The molecular weight excluding hydrogens is 466 g/mol. The summed E-state index contributed by atoms with van der Waals surface area (Å²) in [5.41, 5.74) is 6.34. The molecule has 0 atom stereocenters. The molecule has 7 heteroatoms. The molecule has 0 saturated heterocycles. The highest BCUT2D eigenvalue weighted by molar-refractivity contribution is 7.13. The number of aromatic nitrogens is 4. The van der Waals surface area contributed by atoms with E-state index in [4.69, 9.17) is 4.98 Å². The van der Waals surface area contributed by atoms with E-state index in [2.05, 4.69) is 44.3 Å². The largest absolute Gasteiger partial charge is 0.321 e. The number of H-pyrrole nitrogens is 1. The summed E-state index contributed by atoms with van der Waals surface area (Å²) in [7, 11) is 0. The van der Waals surface area contributed by atoms with Crippen LogP contribution in [0.1, 0.15) is 21.9 Å². The number of thiophene rings is 1. The quantitative estimate of drug-likeness (QED) is 0.268. The van der Waals surface area contributed by atoms with Crippen molar-refractivity contribution in [1.29, 1.82) is 0 Å². The highest BCUT2D eigenvalue weighted by atomic mass is 32.1. The number of aryl methyl sites for hydroxylation is 2. The molecule has 0 spiro atoms. The van der Waals surface area contributed by atoms with E-state index in [1.807, 2.05) is 72.1 Å². The number of imidazole rings is 1. The first-order chi connectivity index (χ1) is 17.7. The Morgan fingerprint density at radius 1 is 0.889 bits per heavy atom. The number of amides is 1. The Hall–Kier alpha value is -4.49. The Morgan fingerprint density at radius 2 is 1.69 bits per heavy atom. The lowest BCUT2D eigenvalue weighted by Gasteiger charge is -2.10. The third kappa shape index (κ3) is 4.44. The first-order valence-electron chi connectivity index (χ1n) is 11.8. The molecule has 36 heavy (non-hydrogen) atoms. The number of carbonyl (C=O) groups excluding carboxylic acids is 1. The molecule has 3 aromatic heterocycles. The summed E-state index contributed by atoms with van der Waals surface area (Å²) in [5.74, 6) is 0.790. The van der Waals surface area contributed by atoms with Crippen LogP contribution in [-0.2, 0) is 12.8 Å². The van der Waals surface area contributed by atoms with E-state index < -0.39 is 0 Å². The number of nitrogens with one attached hydrogen (secondary N) is 2. The van der Waals surface area contributed by atoms with Gasteiger partial charge in [0.15, 0.2) is 5.69 Å². The van der Waals surface area contributed by atoms with Gasteiger partial charge >= 0.3 is 0 Å². The van der Waals surface area contributed by atoms with Crippen molar-refractivity contribution in [2.24, 2.45) is 0 Å². The van der Waals surface area contributed by atoms with Gasteiger partial charge in [0.2, 0.25) is 0 Å². The molecule has 176 valence electrons. The molecule has 0 aliphatic carbocycles. The summed E-state index contributed by atoms with van der Waals surface area (Å²) in [4.78, 5) is 18.6. The van der Waals surface area contributed by atoms with Crippen LogP contribution in [0.2, 0.25) is 0 Å². The van der Waals surface area contributed by atoms with Gasteiger partial charge in [-0.2, -0.15) is 5.10 Å². The Bertz CT molecular complexity index is 1620. The first-order valence-corrected chi connectivity index (χ1v) is 12.6. The fourth-order valence-corrected chi connectivity index (χ4v) is 5.00. The average Bonchev–Trinajstić information content (AvgIpc) is 3.68. The second-order valence-corrected chi connectivity index (χ2v) is 9.43. The molecule has 0 radical (unpaired) electrons. The van der Waals surface area contributed by atoms with Gasteiger partial charge in [0, 0.05) is 17.8 Å². The Balaban J connectivity index is 1.15. The number of benzene rings is 3. The number of para-hydroxylation sites is 3. The molecule has 6 rings (SSSR count). The van der Waals surface area contributed by atoms with E-state index in [1.54, 1.807) is 17.4 Å². The number of rotatable bonds is 7. The van der Waals surface area contributed by atoms with E-state index in [-0.39, 0.29) is 5.91 Å². The van der Waals surface area contributed by atoms with Gasteiger partial charge in [0.1, 0.15) is 5.82 Å². The monoisotopic (exact) mass is 489 g/mol. The maximum atomic E-state index is 12.6. The summed E-state index contributed by atoms with van der Waals surface area (Å²) < 4.78 is 2.23. The third-order valence-corrected chi connectivity index (χ3v) is 6.99. The molecule has 3 aromatic carbocycles. The van der Waals surface area contributed by atoms with E-state index in [0.29, 0.717) is 5.69 Å². The molecule has 3 heterocycles. The zero-order valence-electron chi connectivity index (χ0n) is 19.4. The fourth-order valence-electron chi connectivity index (χ4n) is 4.31. The van der Waals surface area contributed by atoms with Crippen LogP contribution in [-0.4, -0.2) is 25.7 Å². The minimum atomic E-state index is -0.238. The van der Waals surface area contributed by atoms with Crippen molar-refractivity contribution < 1.29 is 4.79 Å². The van der Waals surface area contributed by atoms with Crippen molar-refractivity contribution in [1.82, 2.24) is 19.7 Å². The topological polar surface area (TPSA) is 75.6 Å². The number of nitrogens with zero attached hydrogens (tertiary/aromatic N) is 3. The van der Waals surface area contributed by atoms with Crippen LogP contribution in [0.5, 0.6) is 0 Å². The van der Waals surface area contributed by atoms with Crippen molar-refractivity contribution in [3.8, 4) is 16.3 Å². The Labute approximate surface area is 212 Å². The average molecular weight is 490 g/mol. The van der Waals surface area contributed by atoms with Gasteiger partial charge in [0.05, 0.1) is 21.6 Å². The van der Waals surface area contributed by atoms with Crippen LogP contribution in [0, 0.1) is 0 Å². The predicted octanol–water partition coefficient (Wildman–Crippen LogP) is 6.51. The minimum absolute atomic E-state index is 0.238. The SMILES string of the molecule is O=C(Nc1ccc(CCc2nc3ccccc3n2-c2ccccc2)cc1)c1cc(-c2cccs2)[nH]n1. The van der Waals surface area contributed by atoms with Gasteiger partial charge in [-0.15, -0.1) is 11.3 Å². The second-order valence-electron chi connectivity index (χ2n) is 8.48. The smallest absolute Gasteiger partial charge is 0.276 e.